The van der Waals surface area contributed by atoms with Gasteiger partial charge in [-0.2, -0.15) is 4.31 Å². The van der Waals surface area contributed by atoms with Crippen molar-refractivity contribution < 1.29 is 4.55 Å². The summed E-state index contributed by atoms with van der Waals surface area (Å²) in [4.78, 5) is 0.878. The molecule has 2 aliphatic heterocycles. The summed E-state index contributed by atoms with van der Waals surface area (Å²) in [5.74, 6) is 0.652. The number of fused-ring (bicyclic) bond motifs is 1. The lowest BCUT2D eigenvalue weighted by molar-refractivity contribution is 0.383. The lowest BCUT2D eigenvalue weighted by Crippen LogP contribution is -2.41. The van der Waals surface area contributed by atoms with Crippen LogP contribution in [0.3, 0.4) is 0 Å². The predicted octanol–water partition coefficient (Wildman–Crippen LogP) is 2.97. The zero-order valence-corrected chi connectivity index (χ0v) is 16.4. The van der Waals surface area contributed by atoms with Gasteiger partial charge >= 0.3 is 0 Å². The van der Waals surface area contributed by atoms with Crippen LogP contribution in [0.5, 0.6) is 0 Å². The molecular formula is C22H27N3OS. The quantitative estimate of drug-likeness (QED) is 0.782. The van der Waals surface area contributed by atoms with Crippen LogP contribution in [-0.2, 0) is 17.8 Å². The van der Waals surface area contributed by atoms with Crippen LogP contribution in [-0.4, -0.2) is 36.3 Å². The highest BCUT2D eigenvalue weighted by Crippen LogP contribution is 2.44. The number of nitrogens with one attached hydrogen (secondary N) is 2. The van der Waals surface area contributed by atoms with E-state index in [2.05, 4.69) is 28.8 Å². The van der Waals surface area contributed by atoms with Crippen molar-refractivity contribution >= 4 is 17.0 Å². The summed E-state index contributed by atoms with van der Waals surface area (Å²) in [5.41, 5.74) is 3.95. The van der Waals surface area contributed by atoms with Gasteiger partial charge in [0.25, 0.3) is 0 Å². The largest absolute Gasteiger partial charge is 0.588 e. The van der Waals surface area contributed by atoms with Gasteiger partial charge in [-0.3, -0.25) is 0 Å². The van der Waals surface area contributed by atoms with Gasteiger partial charge in [0.2, 0.25) is 0 Å². The van der Waals surface area contributed by atoms with Crippen molar-refractivity contribution in [1.82, 2.24) is 10.6 Å². The SMILES string of the molecule is [O-][S+](c1ccccc1)N1CCc2cc(C3CC3NC3CCNCC3)ccc21. The minimum absolute atomic E-state index is 0.641. The molecule has 27 heavy (non-hydrogen) atoms. The highest BCUT2D eigenvalue weighted by Gasteiger charge is 2.40. The Balaban J connectivity index is 1.26. The first-order valence-electron chi connectivity index (χ1n) is 10.1. The Morgan fingerprint density at radius 3 is 2.70 bits per heavy atom. The summed E-state index contributed by atoms with van der Waals surface area (Å²) in [6.45, 7) is 3.12. The molecule has 2 aromatic carbocycles. The van der Waals surface area contributed by atoms with Crippen molar-refractivity contribution in [2.75, 3.05) is 23.9 Å². The van der Waals surface area contributed by atoms with E-state index in [0.717, 1.165) is 36.6 Å². The molecule has 0 bridgehead atoms. The Labute approximate surface area is 164 Å². The van der Waals surface area contributed by atoms with Crippen LogP contribution in [0.4, 0.5) is 5.69 Å². The van der Waals surface area contributed by atoms with Gasteiger partial charge in [0.15, 0.2) is 4.90 Å². The monoisotopic (exact) mass is 381 g/mol. The molecule has 2 fully saturated rings. The van der Waals surface area contributed by atoms with E-state index >= 15 is 0 Å². The lowest BCUT2D eigenvalue weighted by atomic mass is 10.0. The molecule has 2 heterocycles. The maximum Gasteiger partial charge on any atom is 0.180 e. The normalized spacial score (nSPS) is 26.0. The molecule has 0 aromatic heterocycles. The van der Waals surface area contributed by atoms with Crippen molar-refractivity contribution in [3.63, 3.8) is 0 Å². The number of rotatable bonds is 5. The average Bonchev–Trinajstić information content (AvgIpc) is 3.36. The molecule has 3 unspecified atom stereocenters. The molecular weight excluding hydrogens is 354 g/mol. The van der Waals surface area contributed by atoms with Crippen molar-refractivity contribution in [1.29, 1.82) is 0 Å². The maximum absolute atomic E-state index is 12.9. The van der Waals surface area contributed by atoms with Crippen LogP contribution in [0.2, 0.25) is 0 Å². The van der Waals surface area contributed by atoms with Gasteiger partial charge in [0.05, 0.1) is 12.2 Å². The molecule has 3 atom stereocenters. The van der Waals surface area contributed by atoms with Gasteiger partial charge < -0.3 is 15.2 Å². The summed E-state index contributed by atoms with van der Waals surface area (Å²) in [6, 6.07) is 17.9. The minimum Gasteiger partial charge on any atom is -0.588 e. The van der Waals surface area contributed by atoms with E-state index in [-0.39, 0.29) is 0 Å². The number of benzene rings is 2. The Hall–Kier alpha value is -1.53. The zero-order chi connectivity index (χ0) is 18.2. The molecule has 0 spiro atoms. The third-order valence-electron chi connectivity index (χ3n) is 6.11. The molecule has 5 rings (SSSR count). The zero-order valence-electron chi connectivity index (χ0n) is 15.6. The number of nitrogens with zero attached hydrogens (tertiary/aromatic N) is 1. The van der Waals surface area contributed by atoms with Gasteiger partial charge in [-0.25, -0.2) is 0 Å². The Morgan fingerprint density at radius 2 is 1.89 bits per heavy atom. The molecule has 0 amide bonds. The number of anilines is 1. The fourth-order valence-electron chi connectivity index (χ4n) is 4.50. The highest BCUT2D eigenvalue weighted by molar-refractivity contribution is 7.92. The van der Waals surface area contributed by atoms with Gasteiger partial charge in [-0.05, 0) is 68.1 Å². The first-order valence-corrected chi connectivity index (χ1v) is 11.2. The van der Waals surface area contributed by atoms with Crippen molar-refractivity contribution in [3.05, 3.63) is 59.7 Å². The molecule has 4 nitrogen and oxygen atoms in total. The molecule has 1 saturated carbocycles. The summed E-state index contributed by atoms with van der Waals surface area (Å²) in [5, 5.41) is 7.29. The average molecular weight is 382 g/mol. The predicted molar refractivity (Wildman–Crippen MR) is 111 cm³/mol. The Bertz CT molecular complexity index is 793. The number of piperidine rings is 1. The lowest BCUT2D eigenvalue weighted by Gasteiger charge is -2.24. The number of hydrogen-bond donors (Lipinski definition) is 2. The summed E-state index contributed by atoms with van der Waals surface area (Å²) < 4.78 is 15.0. The standard InChI is InChI=1S/C22H27N3OS/c26-27(19-4-2-1-3-5-19)25-13-10-17-14-16(6-7-22(17)25)20-15-21(20)24-18-8-11-23-12-9-18/h1-7,14,18,20-21,23-24H,8-13,15H2. The van der Waals surface area contributed by atoms with E-state index in [1.165, 1.54) is 30.4 Å². The van der Waals surface area contributed by atoms with Crippen LogP contribution < -0.4 is 14.9 Å². The van der Waals surface area contributed by atoms with Gasteiger partial charge in [-0.15, -0.1) is 0 Å². The second-order valence-electron chi connectivity index (χ2n) is 7.94. The molecule has 1 aliphatic carbocycles. The molecule has 2 N–H and O–H groups in total. The van der Waals surface area contributed by atoms with Gasteiger partial charge in [0.1, 0.15) is 11.4 Å². The van der Waals surface area contributed by atoms with Crippen molar-refractivity contribution in [2.45, 2.75) is 48.6 Å². The first-order chi connectivity index (χ1) is 13.3. The second-order valence-corrected chi connectivity index (χ2v) is 9.35. The summed E-state index contributed by atoms with van der Waals surface area (Å²) in [7, 11) is 0. The van der Waals surface area contributed by atoms with Crippen LogP contribution in [0.1, 0.15) is 36.3 Å². The third-order valence-corrected chi connectivity index (χ3v) is 7.56. The molecule has 3 aliphatic rings. The minimum atomic E-state index is -1.12. The van der Waals surface area contributed by atoms with Crippen molar-refractivity contribution in [2.24, 2.45) is 0 Å². The molecule has 0 radical (unpaired) electrons. The van der Waals surface area contributed by atoms with Crippen LogP contribution in [0, 0.1) is 0 Å². The Kier molecular flexibility index (Phi) is 4.86. The van der Waals surface area contributed by atoms with E-state index in [1.54, 1.807) is 0 Å². The molecule has 5 heteroatoms. The maximum atomic E-state index is 12.9. The van der Waals surface area contributed by atoms with Crippen LogP contribution >= 0.6 is 0 Å². The fraction of sp³-hybridized carbons (Fsp3) is 0.455. The summed E-state index contributed by atoms with van der Waals surface area (Å²) >= 11 is -1.12. The second kappa shape index (κ2) is 7.47. The smallest absolute Gasteiger partial charge is 0.180 e. The number of hydrogen-bond acceptors (Lipinski definition) is 4. The van der Waals surface area contributed by atoms with Crippen LogP contribution in [0.15, 0.2) is 53.4 Å². The van der Waals surface area contributed by atoms with Crippen LogP contribution in [0.25, 0.3) is 0 Å². The van der Waals surface area contributed by atoms with Crippen molar-refractivity contribution in [3.8, 4) is 0 Å². The van der Waals surface area contributed by atoms with E-state index in [9.17, 15) is 4.55 Å². The van der Waals surface area contributed by atoms with Gasteiger partial charge in [0, 0.05) is 18.0 Å². The third kappa shape index (κ3) is 3.61. The van der Waals surface area contributed by atoms with E-state index in [1.807, 2.05) is 34.6 Å². The van der Waals surface area contributed by atoms with E-state index in [4.69, 9.17) is 0 Å². The topological polar surface area (TPSA) is 50.4 Å². The van der Waals surface area contributed by atoms with E-state index in [0.29, 0.717) is 18.0 Å². The van der Waals surface area contributed by atoms with Gasteiger partial charge in [-0.1, -0.05) is 30.3 Å². The molecule has 2 aromatic rings. The molecule has 1 saturated heterocycles. The molecule has 142 valence electrons. The fourth-order valence-corrected chi connectivity index (χ4v) is 5.76. The summed E-state index contributed by atoms with van der Waals surface area (Å²) in [6.07, 6.45) is 4.73. The Morgan fingerprint density at radius 1 is 1.07 bits per heavy atom. The first kappa shape index (κ1) is 17.6. The van der Waals surface area contributed by atoms with E-state index < -0.39 is 11.4 Å². The highest BCUT2D eigenvalue weighted by atomic mass is 32.2.